The number of hydrogen-bond acceptors (Lipinski definition) is 35. The number of nitro groups is 6. The predicted octanol–water partition coefficient (Wildman–Crippen LogP) is 1.35. The van der Waals surface area contributed by atoms with E-state index in [1.165, 1.54) is 18.2 Å². The van der Waals surface area contributed by atoms with Crippen LogP contribution in [0.25, 0.3) is 0 Å². The van der Waals surface area contributed by atoms with Crippen LogP contribution in [0.1, 0.15) is 19.3 Å². The molecule has 0 saturated carbocycles. The minimum Gasteiger partial charge on any atom is -0.378 e. The molecule has 0 spiro atoms. The van der Waals surface area contributed by atoms with Crippen LogP contribution in [0.3, 0.4) is 0 Å². The summed E-state index contributed by atoms with van der Waals surface area (Å²) in [5.41, 5.74) is 2.22. The largest absolute Gasteiger partial charge is 0.378 e. The van der Waals surface area contributed by atoms with Crippen LogP contribution in [0, 0.1) is 60.7 Å². The van der Waals surface area contributed by atoms with Crippen LogP contribution in [-0.2, 0) is 90.2 Å². The molecule has 0 fully saturated rings. The number of benzene rings is 3. The third kappa shape index (κ3) is 44.1. The van der Waals surface area contributed by atoms with E-state index in [1.54, 1.807) is 0 Å². The minimum absolute atomic E-state index is 0.0791. The van der Waals surface area contributed by atoms with E-state index < -0.39 is 81.7 Å². The van der Waals surface area contributed by atoms with Crippen LogP contribution in [0.2, 0.25) is 0 Å². The summed E-state index contributed by atoms with van der Waals surface area (Å²) in [7, 11) is 0. The number of anilines is 3. The van der Waals surface area contributed by atoms with Gasteiger partial charge in [0.2, 0.25) is 23.6 Å². The molecule has 9 N–H and O–H groups in total. The summed E-state index contributed by atoms with van der Waals surface area (Å²) < 4.78 is 83.5. The van der Waals surface area contributed by atoms with Gasteiger partial charge in [0.05, 0.1) is 252 Å². The topological polar surface area (TPSA) is 576 Å². The Balaban J connectivity index is 1.30. The maximum absolute atomic E-state index is 12.9. The van der Waals surface area contributed by atoms with Crippen molar-refractivity contribution in [1.82, 2.24) is 21.3 Å². The first-order valence-electron chi connectivity index (χ1n) is 34.2. The molecule has 0 radical (unpaired) electrons. The number of ether oxygens (including phenoxy) is 15. The van der Waals surface area contributed by atoms with E-state index in [0.29, 0.717) is 0 Å². The molecule has 3 rings (SSSR count). The number of amides is 4. The smallest absolute Gasteiger partial charge is 0.299 e. The van der Waals surface area contributed by atoms with Crippen molar-refractivity contribution in [2.75, 3.05) is 260 Å². The van der Waals surface area contributed by atoms with Crippen molar-refractivity contribution >= 4 is 74.8 Å². The molecular formula is C63H98N14O31. The van der Waals surface area contributed by atoms with Gasteiger partial charge in [-0.3, -0.25) is 79.9 Å². The van der Waals surface area contributed by atoms with E-state index in [4.69, 9.17) is 76.8 Å². The second-order valence-corrected chi connectivity index (χ2v) is 22.3. The first-order valence-corrected chi connectivity index (χ1v) is 34.2. The average molecular weight is 1550 g/mol. The Hall–Kier alpha value is -9.30. The standard InChI is InChI=1S/C63H98N14O31/c64-46-62(81)71-63(47-106-16-7-59(78)68-13-22-97-28-34-103-40-37-100-31-25-94-19-10-65-53-4-1-50(72(82)83)43-56(53)75(88)89,48-107-17-8-60(79)69-14-23-98-29-35-104-41-38-101-32-26-95-20-11-66-54-5-2-51(73(84)85)44-57(54)76(90)91)49-108-18-9-61(80)70-15-24-99-30-36-105-42-39-102-33-27-96-21-12-67-55-6-3-52(74(86)87)45-58(55)77(92)93/h1-6,43-45,65-67H,7-42,46-49,64H2,(H,68,78)(H,69,79)(H,70,80)(H,71,81). The number of rotatable bonds is 71. The Labute approximate surface area is 619 Å². The number of nitrogens with zero attached hydrogens (tertiary/aromatic N) is 6. The molecule has 606 valence electrons. The van der Waals surface area contributed by atoms with Crippen molar-refractivity contribution in [3.05, 3.63) is 115 Å². The summed E-state index contributed by atoms with van der Waals surface area (Å²) in [6.07, 6.45) is -0.237. The molecule has 45 nitrogen and oxygen atoms in total. The monoisotopic (exact) mass is 1550 g/mol. The lowest BCUT2D eigenvalue weighted by atomic mass is 10.0. The number of hydrogen-bond donors (Lipinski definition) is 8. The van der Waals surface area contributed by atoms with E-state index >= 15 is 0 Å². The van der Waals surface area contributed by atoms with E-state index in [1.807, 2.05) is 0 Å². The number of carbonyl (C=O) groups excluding carboxylic acids is 4. The Bertz CT molecular complexity index is 2840. The van der Waals surface area contributed by atoms with Crippen molar-refractivity contribution in [2.24, 2.45) is 5.73 Å². The van der Waals surface area contributed by atoms with Gasteiger partial charge >= 0.3 is 0 Å². The molecule has 0 bridgehead atoms. The first kappa shape index (κ1) is 92.9. The summed E-state index contributed by atoms with van der Waals surface area (Å²) in [4.78, 5) is 113. The van der Waals surface area contributed by atoms with Gasteiger partial charge in [0.1, 0.15) is 22.6 Å². The zero-order valence-corrected chi connectivity index (χ0v) is 59.9. The quantitative estimate of drug-likeness (QED) is 0.0225. The molecule has 0 heterocycles. The lowest BCUT2D eigenvalue weighted by Gasteiger charge is -2.34. The maximum atomic E-state index is 12.9. The van der Waals surface area contributed by atoms with Crippen LogP contribution in [0.15, 0.2) is 54.6 Å². The summed E-state index contributed by atoms with van der Waals surface area (Å²) in [6, 6.07) is 9.92. The molecule has 0 atom stereocenters. The summed E-state index contributed by atoms with van der Waals surface area (Å²) >= 11 is 0. The molecule has 0 aliphatic rings. The molecule has 45 heteroatoms. The molecule has 4 amide bonds. The van der Waals surface area contributed by atoms with Crippen molar-refractivity contribution in [3.8, 4) is 0 Å². The van der Waals surface area contributed by atoms with Gasteiger partial charge in [-0.2, -0.15) is 0 Å². The third-order valence-electron chi connectivity index (χ3n) is 14.1. The Morgan fingerprint density at radius 1 is 0.296 bits per heavy atom. The molecule has 108 heavy (non-hydrogen) atoms. The lowest BCUT2D eigenvalue weighted by molar-refractivity contribution is -0.393. The number of nitrogens with one attached hydrogen (secondary N) is 7. The second-order valence-electron chi connectivity index (χ2n) is 22.3. The fraction of sp³-hybridized carbons (Fsp3) is 0.651. The van der Waals surface area contributed by atoms with Crippen molar-refractivity contribution in [1.29, 1.82) is 0 Å². The van der Waals surface area contributed by atoms with Crippen molar-refractivity contribution in [2.45, 2.75) is 24.8 Å². The Kier molecular flexibility index (Phi) is 50.5. The predicted molar refractivity (Wildman–Crippen MR) is 380 cm³/mol. The number of carbonyl (C=O) groups is 4. The SMILES string of the molecule is NCC(=O)NC(COCCC(=O)NCCOCCOCCOCCOCCNc1ccc([N+](=O)[O-])cc1[N+](=O)[O-])(COCCC(=O)NCCOCCOCCOCCOCCNc1ccc([N+](=O)[O-])cc1[N+](=O)[O-])COCCC(=O)NCCOCCOCCOCCOCCNc1ccc([N+](=O)[O-])cc1[N+](=O)[O-]. The number of non-ortho nitro benzene ring substituents is 3. The van der Waals surface area contributed by atoms with Crippen LogP contribution in [0.4, 0.5) is 51.2 Å². The highest BCUT2D eigenvalue weighted by Gasteiger charge is 2.34. The minimum atomic E-state index is -1.40. The van der Waals surface area contributed by atoms with Crippen LogP contribution in [0.5, 0.6) is 0 Å². The number of nitrogens with two attached hydrogens (primary N) is 1. The van der Waals surface area contributed by atoms with Gasteiger partial charge in [-0.25, -0.2) is 0 Å². The van der Waals surface area contributed by atoms with E-state index in [2.05, 4.69) is 37.2 Å². The molecule has 3 aromatic carbocycles. The third-order valence-corrected chi connectivity index (χ3v) is 14.1. The fourth-order valence-electron chi connectivity index (χ4n) is 8.79. The van der Waals surface area contributed by atoms with E-state index in [-0.39, 0.29) is 292 Å². The molecule has 0 aliphatic carbocycles. The Morgan fingerprint density at radius 3 is 0.731 bits per heavy atom. The van der Waals surface area contributed by atoms with Gasteiger partial charge in [-0.15, -0.1) is 0 Å². The maximum Gasteiger partial charge on any atom is 0.299 e. The van der Waals surface area contributed by atoms with Crippen molar-refractivity contribution < 1.29 is 120 Å². The molecule has 0 aromatic heterocycles. The lowest BCUT2D eigenvalue weighted by Crippen LogP contribution is -2.60. The van der Waals surface area contributed by atoms with Gasteiger partial charge in [0, 0.05) is 76.7 Å². The molecule has 0 saturated heterocycles. The zero-order valence-electron chi connectivity index (χ0n) is 59.9. The van der Waals surface area contributed by atoms with Crippen LogP contribution in [-0.4, -0.2) is 303 Å². The molecule has 0 unspecified atom stereocenters. The van der Waals surface area contributed by atoms with Crippen molar-refractivity contribution in [3.63, 3.8) is 0 Å². The highest BCUT2D eigenvalue weighted by atomic mass is 16.7. The van der Waals surface area contributed by atoms with E-state index in [9.17, 15) is 79.9 Å². The molecular weight excluding hydrogens is 1450 g/mol. The van der Waals surface area contributed by atoms with Gasteiger partial charge in [0.15, 0.2) is 0 Å². The average Bonchev–Trinajstić information content (AvgIpc) is 0.860. The fourth-order valence-corrected chi connectivity index (χ4v) is 8.79. The molecule has 3 aromatic rings. The number of nitro benzene ring substituents is 6. The zero-order chi connectivity index (χ0) is 78.7. The Morgan fingerprint density at radius 2 is 0.519 bits per heavy atom. The van der Waals surface area contributed by atoms with Gasteiger partial charge in [0.25, 0.3) is 34.1 Å². The normalized spacial score (nSPS) is 11.2. The van der Waals surface area contributed by atoms with Gasteiger partial charge < -0.3 is 114 Å². The van der Waals surface area contributed by atoms with E-state index in [0.717, 1.165) is 36.4 Å². The van der Waals surface area contributed by atoms with Gasteiger partial charge in [-0.1, -0.05) is 0 Å². The van der Waals surface area contributed by atoms with Crippen LogP contribution < -0.4 is 43.0 Å². The first-order chi connectivity index (χ1) is 52.2. The van der Waals surface area contributed by atoms with Crippen LogP contribution >= 0.6 is 0 Å². The highest BCUT2D eigenvalue weighted by molar-refractivity contribution is 5.79. The summed E-state index contributed by atoms with van der Waals surface area (Å²) in [6.45, 7) is 5.50. The summed E-state index contributed by atoms with van der Waals surface area (Å²) in [5.74, 6) is -1.67. The second kappa shape index (κ2) is 58.8. The summed E-state index contributed by atoms with van der Waals surface area (Å²) in [5, 5.41) is 86.2. The highest BCUT2D eigenvalue weighted by Crippen LogP contribution is 2.31. The molecule has 0 aliphatic heterocycles. The van der Waals surface area contributed by atoms with Gasteiger partial charge in [-0.05, 0) is 18.2 Å².